The third-order valence-corrected chi connectivity index (χ3v) is 6.99. The summed E-state index contributed by atoms with van der Waals surface area (Å²) in [7, 11) is 0. The summed E-state index contributed by atoms with van der Waals surface area (Å²) in [5.74, 6) is 1.12. The van der Waals surface area contributed by atoms with Crippen LogP contribution in [0.3, 0.4) is 0 Å². The van der Waals surface area contributed by atoms with Crippen molar-refractivity contribution in [3.05, 3.63) is 36.4 Å². The van der Waals surface area contributed by atoms with Crippen LogP contribution in [-0.2, 0) is 11.3 Å². The number of imidazole rings is 1. The third-order valence-electron chi connectivity index (χ3n) is 6.99. The topological polar surface area (TPSA) is 82.2 Å². The SMILES string of the molecule is Cc1nc2ccc(-c3ccn4nc(NC5CCC6(CC5)COC6)ncc34)nc2n1CC(F)F. The first-order chi connectivity index (χ1) is 16.0. The Morgan fingerprint density at radius 3 is 2.73 bits per heavy atom. The summed E-state index contributed by atoms with van der Waals surface area (Å²) in [5, 5.41) is 8.11. The quantitative estimate of drug-likeness (QED) is 0.490. The van der Waals surface area contributed by atoms with Crippen molar-refractivity contribution in [3.63, 3.8) is 0 Å². The van der Waals surface area contributed by atoms with Crippen LogP contribution in [0, 0.1) is 12.3 Å². The zero-order chi connectivity index (χ0) is 22.6. The number of nitrogens with zero attached hydrogens (tertiary/aromatic N) is 6. The molecule has 1 aliphatic carbocycles. The lowest BCUT2D eigenvalue weighted by molar-refractivity contribution is -0.131. The van der Waals surface area contributed by atoms with Crippen molar-refractivity contribution in [3.8, 4) is 11.3 Å². The molecular formula is C23H25F2N7O. The molecule has 5 heterocycles. The van der Waals surface area contributed by atoms with Crippen LogP contribution in [0.25, 0.3) is 27.9 Å². The van der Waals surface area contributed by atoms with Gasteiger partial charge in [0.2, 0.25) is 5.95 Å². The van der Waals surface area contributed by atoms with Crippen molar-refractivity contribution in [2.24, 2.45) is 5.41 Å². The molecule has 1 saturated carbocycles. The fourth-order valence-electron chi connectivity index (χ4n) is 5.04. The Bertz CT molecular complexity index is 1320. The number of ether oxygens (including phenoxy) is 1. The second kappa shape index (κ2) is 7.72. The summed E-state index contributed by atoms with van der Waals surface area (Å²) in [6, 6.07) is 5.95. The number of fused-ring (bicyclic) bond motifs is 2. The first-order valence-electron chi connectivity index (χ1n) is 11.3. The molecule has 0 radical (unpaired) electrons. The van der Waals surface area contributed by atoms with E-state index in [-0.39, 0.29) is 0 Å². The lowest BCUT2D eigenvalue weighted by Crippen LogP contribution is -2.47. The lowest BCUT2D eigenvalue weighted by Gasteiger charge is -2.46. The molecule has 172 valence electrons. The number of hydrogen-bond acceptors (Lipinski definition) is 6. The largest absolute Gasteiger partial charge is 0.380 e. The van der Waals surface area contributed by atoms with Crippen LogP contribution in [0.1, 0.15) is 31.5 Å². The van der Waals surface area contributed by atoms with Gasteiger partial charge in [0.1, 0.15) is 11.3 Å². The van der Waals surface area contributed by atoms with Crippen molar-refractivity contribution in [2.75, 3.05) is 18.5 Å². The van der Waals surface area contributed by atoms with Crippen molar-refractivity contribution >= 4 is 22.6 Å². The minimum Gasteiger partial charge on any atom is -0.380 e. The lowest BCUT2D eigenvalue weighted by atomic mass is 9.71. The van der Waals surface area contributed by atoms with E-state index >= 15 is 0 Å². The number of aromatic nitrogens is 6. The van der Waals surface area contributed by atoms with Gasteiger partial charge in [0.15, 0.2) is 5.65 Å². The van der Waals surface area contributed by atoms with E-state index in [0.29, 0.717) is 40.1 Å². The molecule has 1 saturated heterocycles. The third kappa shape index (κ3) is 3.62. The number of hydrogen-bond donors (Lipinski definition) is 1. The summed E-state index contributed by atoms with van der Waals surface area (Å²) >= 11 is 0. The Morgan fingerprint density at radius 1 is 1.18 bits per heavy atom. The molecule has 2 fully saturated rings. The van der Waals surface area contributed by atoms with Gasteiger partial charge < -0.3 is 14.6 Å². The number of anilines is 1. The molecule has 2 aliphatic rings. The van der Waals surface area contributed by atoms with Gasteiger partial charge in [-0.1, -0.05) is 0 Å². The molecule has 33 heavy (non-hydrogen) atoms. The number of nitrogens with one attached hydrogen (secondary N) is 1. The molecule has 6 rings (SSSR count). The zero-order valence-electron chi connectivity index (χ0n) is 18.3. The summed E-state index contributed by atoms with van der Waals surface area (Å²) in [6.07, 6.45) is 5.72. The smallest absolute Gasteiger partial charge is 0.256 e. The predicted molar refractivity (Wildman–Crippen MR) is 119 cm³/mol. The van der Waals surface area contributed by atoms with Gasteiger partial charge in [-0.05, 0) is 50.8 Å². The van der Waals surface area contributed by atoms with Crippen molar-refractivity contribution in [2.45, 2.75) is 51.6 Å². The van der Waals surface area contributed by atoms with Crippen LogP contribution in [0.5, 0.6) is 0 Å². The Morgan fingerprint density at radius 2 is 2.00 bits per heavy atom. The maximum atomic E-state index is 13.0. The van der Waals surface area contributed by atoms with E-state index in [9.17, 15) is 8.78 Å². The van der Waals surface area contributed by atoms with Crippen LogP contribution < -0.4 is 5.32 Å². The highest BCUT2D eigenvalue weighted by Crippen LogP contribution is 2.42. The second-order valence-electron chi connectivity index (χ2n) is 9.25. The van der Waals surface area contributed by atoms with Crippen LogP contribution in [0.4, 0.5) is 14.7 Å². The highest BCUT2D eigenvalue weighted by molar-refractivity contribution is 5.82. The number of alkyl halides is 2. The van der Waals surface area contributed by atoms with E-state index in [0.717, 1.165) is 37.1 Å². The molecule has 1 N–H and O–H groups in total. The summed E-state index contributed by atoms with van der Waals surface area (Å²) in [5.41, 5.74) is 3.79. The Kier molecular flexibility index (Phi) is 4.79. The molecule has 0 amide bonds. The number of pyridine rings is 1. The summed E-state index contributed by atoms with van der Waals surface area (Å²) in [6.45, 7) is 3.09. The summed E-state index contributed by atoms with van der Waals surface area (Å²) < 4.78 is 34.7. The summed E-state index contributed by atoms with van der Waals surface area (Å²) in [4.78, 5) is 13.6. The molecule has 1 aliphatic heterocycles. The molecule has 4 aromatic heterocycles. The van der Waals surface area contributed by atoms with Gasteiger partial charge in [-0.3, -0.25) is 0 Å². The van der Waals surface area contributed by atoms with Gasteiger partial charge >= 0.3 is 0 Å². The number of rotatable bonds is 5. The van der Waals surface area contributed by atoms with E-state index in [2.05, 4.69) is 25.4 Å². The maximum absolute atomic E-state index is 13.0. The molecule has 0 bridgehead atoms. The van der Waals surface area contributed by atoms with Crippen LogP contribution in [-0.4, -0.2) is 54.8 Å². The standard InChI is InChI=1S/C23H25F2N7O/c1-14-27-18-3-2-17(29-21(18)31(14)11-20(24)25)16-6-9-32-19(16)10-26-22(30-32)28-15-4-7-23(8-5-15)12-33-13-23/h2-3,6,9-10,15,20H,4-5,7-8,11-13H2,1H3,(H,28,30). The predicted octanol–water partition coefficient (Wildman–Crippen LogP) is 4.09. The van der Waals surface area contributed by atoms with Crippen LogP contribution >= 0.6 is 0 Å². The van der Waals surface area contributed by atoms with E-state index < -0.39 is 13.0 Å². The Labute approximate surface area is 189 Å². The van der Waals surface area contributed by atoms with Crippen molar-refractivity contribution in [1.82, 2.24) is 29.1 Å². The fraction of sp³-hybridized carbons (Fsp3) is 0.478. The Balaban J connectivity index is 1.26. The second-order valence-corrected chi connectivity index (χ2v) is 9.25. The Hall–Kier alpha value is -3.14. The molecule has 8 nitrogen and oxygen atoms in total. The van der Waals surface area contributed by atoms with Crippen molar-refractivity contribution < 1.29 is 13.5 Å². The van der Waals surface area contributed by atoms with E-state index in [4.69, 9.17) is 4.74 Å². The maximum Gasteiger partial charge on any atom is 0.256 e. The molecule has 0 unspecified atom stereocenters. The molecule has 0 atom stereocenters. The van der Waals surface area contributed by atoms with Gasteiger partial charge in [0.05, 0.1) is 37.2 Å². The number of aryl methyl sites for hydroxylation is 1. The first-order valence-corrected chi connectivity index (χ1v) is 11.3. The van der Waals surface area contributed by atoms with E-state index in [1.54, 1.807) is 17.6 Å². The first kappa shape index (κ1) is 20.5. The van der Waals surface area contributed by atoms with E-state index in [1.165, 1.54) is 17.4 Å². The van der Waals surface area contributed by atoms with Gasteiger partial charge in [-0.2, -0.15) is 0 Å². The fourth-order valence-corrected chi connectivity index (χ4v) is 5.04. The van der Waals surface area contributed by atoms with E-state index in [1.807, 2.05) is 24.4 Å². The van der Waals surface area contributed by atoms with Gasteiger partial charge in [0, 0.05) is 23.2 Å². The normalized spacial score (nSPS) is 18.4. The van der Waals surface area contributed by atoms with Crippen molar-refractivity contribution in [1.29, 1.82) is 0 Å². The van der Waals surface area contributed by atoms with Crippen LogP contribution in [0.15, 0.2) is 30.6 Å². The molecule has 10 heteroatoms. The monoisotopic (exact) mass is 453 g/mol. The average Bonchev–Trinajstić information content (AvgIpc) is 3.33. The minimum atomic E-state index is -2.47. The highest BCUT2D eigenvalue weighted by Gasteiger charge is 2.41. The minimum absolute atomic E-state index is 0.367. The zero-order valence-corrected chi connectivity index (χ0v) is 18.3. The molecule has 1 spiro atoms. The molecule has 0 aromatic carbocycles. The van der Waals surface area contributed by atoms with Crippen LogP contribution in [0.2, 0.25) is 0 Å². The highest BCUT2D eigenvalue weighted by atomic mass is 19.3. The van der Waals surface area contributed by atoms with Gasteiger partial charge in [0.25, 0.3) is 6.43 Å². The molecule has 4 aromatic rings. The van der Waals surface area contributed by atoms with Gasteiger partial charge in [-0.15, -0.1) is 5.10 Å². The average molecular weight is 453 g/mol. The number of halogens is 2. The molecular weight excluding hydrogens is 428 g/mol. The van der Waals surface area contributed by atoms with Gasteiger partial charge in [-0.25, -0.2) is 28.2 Å².